The number of carbonyl (C=O) groups is 1. The van der Waals surface area contributed by atoms with Gasteiger partial charge in [-0.3, -0.25) is 4.79 Å². The Morgan fingerprint density at radius 2 is 1.79 bits per heavy atom. The number of sulfonamides is 1. The van der Waals surface area contributed by atoms with Crippen molar-refractivity contribution in [2.24, 2.45) is 0 Å². The highest BCUT2D eigenvalue weighted by molar-refractivity contribution is 7.89. The predicted octanol–water partition coefficient (Wildman–Crippen LogP) is 4.45. The standard InChI is InChI=1S/C20H32ClNO5SSi/c1-20(2,3)29(5,6)27-14-16-8-7-9-18(19(23)26-4)22(16)28(24,25)17-12-10-15(21)11-13-17/h10-13,16,18H,7-9,14H2,1-6H3. The molecular formula is C20H32ClNO5SSi. The van der Waals surface area contributed by atoms with E-state index in [1.807, 2.05) is 0 Å². The molecule has 0 saturated carbocycles. The molecule has 1 saturated heterocycles. The van der Waals surface area contributed by atoms with Crippen LogP contribution in [-0.4, -0.2) is 52.8 Å². The van der Waals surface area contributed by atoms with Crippen molar-refractivity contribution in [2.45, 2.75) is 75.1 Å². The number of hydrogen-bond donors (Lipinski definition) is 0. The summed E-state index contributed by atoms with van der Waals surface area (Å²) in [7, 11) is -4.72. The molecular weight excluding hydrogens is 430 g/mol. The smallest absolute Gasteiger partial charge is 0.324 e. The molecule has 2 rings (SSSR count). The molecule has 0 amide bonds. The normalized spacial score (nSPS) is 21.8. The lowest BCUT2D eigenvalue weighted by Crippen LogP contribution is -2.56. The maximum absolute atomic E-state index is 13.5. The van der Waals surface area contributed by atoms with Gasteiger partial charge in [-0.2, -0.15) is 4.31 Å². The predicted molar refractivity (Wildman–Crippen MR) is 117 cm³/mol. The lowest BCUT2D eigenvalue weighted by molar-refractivity contribution is -0.147. The van der Waals surface area contributed by atoms with Crippen molar-refractivity contribution in [3.63, 3.8) is 0 Å². The van der Waals surface area contributed by atoms with Crippen LogP contribution in [0.2, 0.25) is 23.2 Å². The minimum absolute atomic E-state index is 0.00328. The molecule has 0 radical (unpaired) electrons. The van der Waals surface area contributed by atoms with Gasteiger partial charge in [0.25, 0.3) is 0 Å². The van der Waals surface area contributed by atoms with Gasteiger partial charge in [-0.15, -0.1) is 0 Å². The number of benzene rings is 1. The van der Waals surface area contributed by atoms with Crippen molar-refractivity contribution in [3.05, 3.63) is 29.3 Å². The molecule has 1 aliphatic heterocycles. The average molecular weight is 462 g/mol. The molecule has 0 N–H and O–H groups in total. The second-order valence-corrected chi connectivity index (χ2v) is 16.1. The number of methoxy groups -OCH3 is 1. The van der Waals surface area contributed by atoms with Crippen LogP contribution in [0.15, 0.2) is 29.2 Å². The first-order chi connectivity index (χ1) is 13.3. The minimum atomic E-state index is -3.93. The van der Waals surface area contributed by atoms with Gasteiger partial charge in [-0.1, -0.05) is 32.4 Å². The molecule has 29 heavy (non-hydrogen) atoms. The Kier molecular flexibility index (Phi) is 7.60. The zero-order valence-electron chi connectivity index (χ0n) is 18.1. The molecule has 1 heterocycles. The minimum Gasteiger partial charge on any atom is -0.468 e. The van der Waals surface area contributed by atoms with E-state index in [9.17, 15) is 13.2 Å². The van der Waals surface area contributed by atoms with Gasteiger partial charge in [0.15, 0.2) is 8.32 Å². The zero-order valence-corrected chi connectivity index (χ0v) is 20.6. The van der Waals surface area contributed by atoms with E-state index < -0.39 is 36.4 Å². The first-order valence-electron chi connectivity index (χ1n) is 9.82. The van der Waals surface area contributed by atoms with Crippen molar-refractivity contribution >= 4 is 35.9 Å². The molecule has 2 unspecified atom stereocenters. The van der Waals surface area contributed by atoms with Crippen molar-refractivity contribution in [1.82, 2.24) is 4.31 Å². The average Bonchev–Trinajstić information content (AvgIpc) is 2.64. The van der Waals surface area contributed by atoms with E-state index in [2.05, 4.69) is 33.9 Å². The first kappa shape index (κ1) is 24.3. The van der Waals surface area contributed by atoms with E-state index in [1.165, 1.54) is 35.7 Å². The quantitative estimate of drug-likeness (QED) is 0.462. The van der Waals surface area contributed by atoms with Crippen molar-refractivity contribution in [2.75, 3.05) is 13.7 Å². The molecule has 6 nitrogen and oxygen atoms in total. The molecule has 0 aromatic heterocycles. The molecule has 1 aromatic carbocycles. The van der Waals surface area contributed by atoms with Gasteiger partial charge in [0, 0.05) is 11.1 Å². The summed E-state index contributed by atoms with van der Waals surface area (Å²) in [5.41, 5.74) is 0. The van der Waals surface area contributed by atoms with Crippen LogP contribution in [0.4, 0.5) is 0 Å². The Balaban J connectivity index is 2.40. The number of hydrogen-bond acceptors (Lipinski definition) is 5. The fraction of sp³-hybridized carbons (Fsp3) is 0.650. The van der Waals surface area contributed by atoms with Gasteiger partial charge in [0.2, 0.25) is 10.0 Å². The summed E-state index contributed by atoms with van der Waals surface area (Å²) in [6.07, 6.45) is 1.79. The summed E-state index contributed by atoms with van der Waals surface area (Å²) in [6.45, 7) is 10.9. The highest BCUT2D eigenvalue weighted by Crippen LogP contribution is 2.38. The Labute approximate surface area is 180 Å². The third-order valence-corrected chi connectivity index (χ3v) is 12.7. The summed E-state index contributed by atoms with van der Waals surface area (Å²) in [6, 6.07) is 4.71. The van der Waals surface area contributed by atoms with E-state index in [0.29, 0.717) is 17.9 Å². The number of rotatable bonds is 6. The number of carbonyl (C=O) groups excluding carboxylic acids is 1. The summed E-state index contributed by atoms with van der Waals surface area (Å²) in [5.74, 6) is -0.542. The molecule has 1 aliphatic rings. The van der Waals surface area contributed by atoms with Crippen LogP contribution in [0.3, 0.4) is 0 Å². The fourth-order valence-electron chi connectivity index (χ4n) is 3.18. The third-order valence-electron chi connectivity index (χ3n) is 5.99. The monoisotopic (exact) mass is 461 g/mol. The van der Waals surface area contributed by atoms with Crippen LogP contribution in [0.25, 0.3) is 0 Å². The second-order valence-electron chi connectivity index (χ2n) is 8.98. The summed E-state index contributed by atoms with van der Waals surface area (Å²) in [4.78, 5) is 12.5. The SMILES string of the molecule is COC(=O)C1CCCC(CO[Si](C)(C)C(C)(C)C)N1S(=O)(=O)c1ccc(Cl)cc1. The van der Waals surface area contributed by atoms with E-state index >= 15 is 0 Å². The van der Waals surface area contributed by atoms with E-state index in [-0.39, 0.29) is 16.5 Å². The largest absolute Gasteiger partial charge is 0.468 e. The summed E-state index contributed by atoms with van der Waals surface area (Å²) >= 11 is 5.92. The molecule has 9 heteroatoms. The Bertz CT molecular complexity index is 820. The van der Waals surface area contributed by atoms with Gasteiger partial charge in [0.05, 0.1) is 18.6 Å². The van der Waals surface area contributed by atoms with E-state index in [1.54, 1.807) is 0 Å². The number of nitrogens with zero attached hydrogens (tertiary/aromatic N) is 1. The van der Waals surface area contributed by atoms with Crippen LogP contribution >= 0.6 is 11.6 Å². The van der Waals surface area contributed by atoms with Gasteiger partial charge in [-0.25, -0.2) is 8.42 Å². The first-order valence-corrected chi connectivity index (χ1v) is 14.5. The lowest BCUT2D eigenvalue weighted by atomic mass is 9.99. The van der Waals surface area contributed by atoms with Crippen LogP contribution < -0.4 is 0 Å². The van der Waals surface area contributed by atoms with Gasteiger partial charge < -0.3 is 9.16 Å². The molecule has 164 valence electrons. The van der Waals surface area contributed by atoms with Gasteiger partial charge in [-0.05, 0) is 61.7 Å². The van der Waals surface area contributed by atoms with Crippen LogP contribution in [0.1, 0.15) is 40.0 Å². The molecule has 1 fully saturated rings. The number of halogens is 1. The van der Waals surface area contributed by atoms with Crippen LogP contribution in [-0.2, 0) is 24.0 Å². The van der Waals surface area contributed by atoms with Crippen molar-refractivity contribution < 1.29 is 22.4 Å². The van der Waals surface area contributed by atoms with E-state index in [4.69, 9.17) is 20.8 Å². The molecule has 2 atom stereocenters. The van der Waals surface area contributed by atoms with Crippen molar-refractivity contribution in [1.29, 1.82) is 0 Å². The summed E-state index contributed by atoms with van der Waals surface area (Å²) in [5, 5.41) is 0.452. The molecule has 0 aliphatic carbocycles. The number of piperidine rings is 1. The highest BCUT2D eigenvalue weighted by atomic mass is 35.5. The second kappa shape index (κ2) is 9.06. The lowest BCUT2D eigenvalue weighted by Gasteiger charge is -2.42. The van der Waals surface area contributed by atoms with Crippen molar-refractivity contribution in [3.8, 4) is 0 Å². The zero-order chi connectivity index (χ0) is 22.0. The highest BCUT2D eigenvalue weighted by Gasteiger charge is 2.45. The van der Waals surface area contributed by atoms with Crippen LogP contribution in [0.5, 0.6) is 0 Å². The fourth-order valence-corrected chi connectivity index (χ4v) is 6.16. The Morgan fingerprint density at radius 1 is 1.21 bits per heavy atom. The Morgan fingerprint density at radius 3 is 2.31 bits per heavy atom. The number of ether oxygens (including phenoxy) is 1. The molecule has 0 bridgehead atoms. The third kappa shape index (κ3) is 5.41. The van der Waals surface area contributed by atoms with Crippen LogP contribution in [0, 0.1) is 0 Å². The Hall–Kier alpha value is -0.933. The molecule has 0 spiro atoms. The molecule has 1 aromatic rings. The van der Waals surface area contributed by atoms with Gasteiger partial charge in [0.1, 0.15) is 6.04 Å². The topological polar surface area (TPSA) is 72.9 Å². The van der Waals surface area contributed by atoms with E-state index in [0.717, 1.165) is 6.42 Å². The maximum Gasteiger partial charge on any atom is 0.324 e. The van der Waals surface area contributed by atoms with Gasteiger partial charge >= 0.3 is 5.97 Å². The summed E-state index contributed by atoms with van der Waals surface area (Å²) < 4.78 is 39.5. The maximum atomic E-state index is 13.5. The number of esters is 1.